The highest BCUT2D eigenvalue weighted by atomic mass is 32.2. The first-order chi connectivity index (χ1) is 12.6. The largest absolute Gasteiger partial charge is 0.478 e. The summed E-state index contributed by atoms with van der Waals surface area (Å²) in [4.78, 5) is 12.8. The van der Waals surface area contributed by atoms with Gasteiger partial charge in [-0.15, -0.1) is 0 Å². The zero-order valence-electron chi connectivity index (χ0n) is 15.9. The average molecular weight is 388 g/mol. The molecule has 0 spiro atoms. The van der Waals surface area contributed by atoms with Gasteiger partial charge < -0.3 is 10.1 Å². The number of aryl methyl sites for hydroxylation is 3. The molecular weight excluding hydrogens is 364 g/mol. The Morgan fingerprint density at radius 2 is 1.78 bits per heavy atom. The number of ether oxygens (including phenoxy) is 1. The molecular formula is C20H24N2O4S. The summed E-state index contributed by atoms with van der Waals surface area (Å²) in [5.74, 6) is 0.107. The summed E-state index contributed by atoms with van der Waals surface area (Å²) >= 11 is 0. The van der Waals surface area contributed by atoms with Gasteiger partial charge in [0.2, 0.25) is 10.0 Å². The van der Waals surface area contributed by atoms with E-state index in [1.807, 2.05) is 45.0 Å². The van der Waals surface area contributed by atoms with Gasteiger partial charge in [-0.1, -0.05) is 18.2 Å². The lowest BCUT2D eigenvalue weighted by Crippen LogP contribution is -2.36. The lowest BCUT2D eigenvalue weighted by atomic mass is 10.1. The number of rotatable bonds is 3. The van der Waals surface area contributed by atoms with Gasteiger partial charge in [0.15, 0.2) is 6.10 Å². The Bertz CT molecular complexity index is 985. The van der Waals surface area contributed by atoms with Crippen molar-refractivity contribution in [3.8, 4) is 5.75 Å². The second-order valence-corrected chi connectivity index (χ2v) is 8.92. The van der Waals surface area contributed by atoms with Crippen molar-refractivity contribution in [3.05, 3.63) is 53.1 Å². The fourth-order valence-corrected chi connectivity index (χ4v) is 4.04. The van der Waals surface area contributed by atoms with Crippen molar-refractivity contribution in [2.24, 2.45) is 0 Å². The van der Waals surface area contributed by atoms with Crippen molar-refractivity contribution in [2.45, 2.75) is 33.3 Å². The predicted molar refractivity (Wildman–Crippen MR) is 107 cm³/mol. The molecule has 1 unspecified atom stereocenters. The van der Waals surface area contributed by atoms with E-state index in [0.717, 1.165) is 28.6 Å². The van der Waals surface area contributed by atoms with Crippen LogP contribution >= 0.6 is 0 Å². The van der Waals surface area contributed by atoms with Crippen LogP contribution in [0.2, 0.25) is 0 Å². The number of carbonyl (C=O) groups excluding carboxylic acids is 1. The lowest BCUT2D eigenvalue weighted by Gasteiger charge is -2.21. The van der Waals surface area contributed by atoms with Gasteiger partial charge >= 0.3 is 0 Å². The lowest BCUT2D eigenvalue weighted by molar-refractivity contribution is -0.122. The van der Waals surface area contributed by atoms with E-state index in [1.165, 1.54) is 4.31 Å². The molecule has 3 rings (SSSR count). The molecule has 1 atom stereocenters. The van der Waals surface area contributed by atoms with Crippen LogP contribution in [0.25, 0.3) is 0 Å². The summed E-state index contributed by atoms with van der Waals surface area (Å²) < 4.78 is 31.7. The zero-order chi connectivity index (χ0) is 19.8. The first kappa shape index (κ1) is 19.2. The van der Waals surface area contributed by atoms with Crippen LogP contribution in [0, 0.1) is 20.8 Å². The molecule has 7 heteroatoms. The average Bonchev–Trinajstić information content (AvgIpc) is 2.77. The van der Waals surface area contributed by atoms with Gasteiger partial charge in [-0.25, -0.2) is 8.42 Å². The van der Waals surface area contributed by atoms with Gasteiger partial charge in [-0.2, -0.15) is 0 Å². The van der Waals surface area contributed by atoms with Crippen LogP contribution in [0.5, 0.6) is 5.75 Å². The highest BCUT2D eigenvalue weighted by Gasteiger charge is 2.31. The predicted octanol–water partition coefficient (Wildman–Crippen LogP) is 3.17. The molecule has 144 valence electrons. The van der Waals surface area contributed by atoms with Crippen LogP contribution in [0.15, 0.2) is 36.4 Å². The van der Waals surface area contributed by atoms with Crippen LogP contribution in [-0.4, -0.2) is 33.2 Å². The number of carbonyl (C=O) groups is 1. The molecule has 0 fully saturated rings. The summed E-state index contributed by atoms with van der Waals surface area (Å²) in [6.45, 7) is 5.95. The zero-order valence-corrected chi connectivity index (χ0v) is 16.8. The van der Waals surface area contributed by atoms with Gasteiger partial charge in [-0.05, 0) is 55.7 Å². The molecule has 27 heavy (non-hydrogen) atoms. The Morgan fingerprint density at radius 3 is 2.48 bits per heavy atom. The maximum absolute atomic E-state index is 12.8. The van der Waals surface area contributed by atoms with E-state index in [0.29, 0.717) is 11.4 Å². The molecule has 2 aromatic rings. The number of benzene rings is 2. The van der Waals surface area contributed by atoms with Crippen molar-refractivity contribution < 1.29 is 17.9 Å². The summed E-state index contributed by atoms with van der Waals surface area (Å²) in [6, 6.07) is 11.2. The molecule has 0 aromatic heterocycles. The molecule has 0 saturated carbocycles. The topological polar surface area (TPSA) is 75.7 Å². The van der Waals surface area contributed by atoms with Gasteiger partial charge in [0.25, 0.3) is 5.91 Å². The fraction of sp³-hybridized carbons (Fsp3) is 0.350. The standard InChI is InChI=1S/C20H24N2O4S/c1-13-5-7-15(3)16(11-13)21-20(23)19-9-10-22(27(4,24)25)17-12-14(2)6-8-18(17)26-19/h5-8,11-12,19H,9-10H2,1-4H3,(H,21,23). The molecule has 1 N–H and O–H groups in total. The minimum atomic E-state index is -3.48. The van der Waals surface area contributed by atoms with Crippen LogP contribution < -0.4 is 14.4 Å². The van der Waals surface area contributed by atoms with E-state index in [9.17, 15) is 13.2 Å². The maximum atomic E-state index is 12.8. The van der Waals surface area contributed by atoms with Crippen molar-refractivity contribution in [1.82, 2.24) is 0 Å². The smallest absolute Gasteiger partial charge is 0.265 e. The van der Waals surface area contributed by atoms with E-state index in [1.54, 1.807) is 12.1 Å². The van der Waals surface area contributed by atoms with Crippen LogP contribution in [0.3, 0.4) is 0 Å². The minimum Gasteiger partial charge on any atom is -0.478 e. The Morgan fingerprint density at radius 1 is 1.11 bits per heavy atom. The van der Waals surface area contributed by atoms with Crippen molar-refractivity contribution in [2.75, 3.05) is 22.4 Å². The Labute approximate surface area is 160 Å². The number of nitrogens with zero attached hydrogens (tertiary/aromatic N) is 1. The molecule has 0 radical (unpaired) electrons. The number of hydrogen-bond acceptors (Lipinski definition) is 4. The van der Waals surface area contributed by atoms with Gasteiger partial charge in [0, 0.05) is 18.7 Å². The summed E-state index contributed by atoms with van der Waals surface area (Å²) in [7, 11) is -3.48. The normalized spacial score (nSPS) is 16.9. The van der Waals surface area contributed by atoms with E-state index in [2.05, 4.69) is 5.32 Å². The summed E-state index contributed by atoms with van der Waals surface area (Å²) in [6.07, 6.45) is 0.644. The van der Waals surface area contributed by atoms with Crippen LogP contribution in [0.4, 0.5) is 11.4 Å². The third-order valence-corrected chi connectivity index (χ3v) is 5.77. The minimum absolute atomic E-state index is 0.181. The number of anilines is 2. The van der Waals surface area contributed by atoms with E-state index in [4.69, 9.17) is 4.74 Å². The van der Waals surface area contributed by atoms with Gasteiger partial charge in [0.05, 0.1) is 11.9 Å². The number of amides is 1. The Kier molecular flexibility index (Phi) is 5.15. The highest BCUT2D eigenvalue weighted by Crippen LogP contribution is 2.35. The monoisotopic (exact) mass is 388 g/mol. The molecule has 1 amide bonds. The Hall–Kier alpha value is -2.54. The molecule has 0 saturated heterocycles. The number of nitrogens with one attached hydrogen (secondary N) is 1. The molecule has 1 aliphatic rings. The maximum Gasteiger partial charge on any atom is 0.265 e. The summed E-state index contributed by atoms with van der Waals surface area (Å²) in [5, 5.41) is 2.91. The molecule has 1 aliphatic heterocycles. The van der Waals surface area contributed by atoms with Crippen LogP contribution in [-0.2, 0) is 14.8 Å². The second-order valence-electron chi connectivity index (χ2n) is 7.01. The van der Waals surface area contributed by atoms with E-state index < -0.39 is 16.1 Å². The SMILES string of the molecule is Cc1ccc(C)c(NC(=O)C2CCN(S(C)(=O)=O)c3cc(C)ccc3O2)c1. The van der Waals surface area contributed by atoms with Crippen molar-refractivity contribution >= 4 is 27.3 Å². The molecule has 0 bridgehead atoms. The van der Waals surface area contributed by atoms with Crippen molar-refractivity contribution in [1.29, 1.82) is 0 Å². The third kappa shape index (κ3) is 4.24. The number of hydrogen-bond donors (Lipinski definition) is 1. The third-order valence-electron chi connectivity index (χ3n) is 4.59. The van der Waals surface area contributed by atoms with E-state index >= 15 is 0 Å². The number of sulfonamides is 1. The highest BCUT2D eigenvalue weighted by molar-refractivity contribution is 7.92. The summed E-state index contributed by atoms with van der Waals surface area (Å²) in [5.41, 5.74) is 4.12. The first-order valence-corrected chi connectivity index (χ1v) is 10.6. The molecule has 6 nitrogen and oxygen atoms in total. The molecule has 2 aromatic carbocycles. The van der Waals surface area contributed by atoms with Crippen molar-refractivity contribution in [3.63, 3.8) is 0 Å². The molecule has 1 heterocycles. The second kappa shape index (κ2) is 7.23. The van der Waals surface area contributed by atoms with E-state index in [-0.39, 0.29) is 18.9 Å². The first-order valence-electron chi connectivity index (χ1n) is 8.78. The fourth-order valence-electron chi connectivity index (χ4n) is 3.10. The van der Waals surface area contributed by atoms with Gasteiger partial charge in [0.1, 0.15) is 5.75 Å². The van der Waals surface area contributed by atoms with Gasteiger partial charge in [-0.3, -0.25) is 9.10 Å². The number of fused-ring (bicyclic) bond motifs is 1. The Balaban J connectivity index is 1.90. The quantitative estimate of drug-likeness (QED) is 0.876. The molecule has 0 aliphatic carbocycles. The van der Waals surface area contributed by atoms with Crippen LogP contribution in [0.1, 0.15) is 23.1 Å².